The second-order valence-corrected chi connectivity index (χ2v) is 9.84. The summed E-state index contributed by atoms with van der Waals surface area (Å²) in [6.45, 7) is 8.72. The molecule has 1 aliphatic heterocycles. The predicted octanol–water partition coefficient (Wildman–Crippen LogP) is 3.64. The molecule has 9 nitrogen and oxygen atoms in total. The van der Waals surface area contributed by atoms with E-state index in [1.807, 2.05) is 12.1 Å². The van der Waals surface area contributed by atoms with Gasteiger partial charge in [-0.2, -0.15) is 5.10 Å². The minimum atomic E-state index is -0.0194. The van der Waals surface area contributed by atoms with Gasteiger partial charge in [0.05, 0.1) is 5.69 Å². The molecule has 0 atom stereocenters. The first kappa shape index (κ1) is 21.3. The number of ether oxygens (including phenoxy) is 1. The second-order valence-electron chi connectivity index (χ2n) is 9.84. The van der Waals surface area contributed by atoms with E-state index in [1.54, 1.807) is 41.3 Å². The van der Waals surface area contributed by atoms with Gasteiger partial charge in [0.1, 0.15) is 23.2 Å². The van der Waals surface area contributed by atoms with Crippen molar-refractivity contribution < 1.29 is 9.84 Å². The summed E-state index contributed by atoms with van der Waals surface area (Å²) in [6, 6.07) is 8.86. The van der Waals surface area contributed by atoms with Gasteiger partial charge in [-0.1, -0.05) is 0 Å². The number of imidazole rings is 1. The van der Waals surface area contributed by atoms with Crippen molar-refractivity contribution in [2.24, 2.45) is 0 Å². The quantitative estimate of drug-likeness (QED) is 0.490. The van der Waals surface area contributed by atoms with Gasteiger partial charge < -0.3 is 15.2 Å². The van der Waals surface area contributed by atoms with Crippen LogP contribution in [-0.2, 0) is 0 Å². The first-order valence-electron chi connectivity index (χ1n) is 11.0. The van der Waals surface area contributed by atoms with Gasteiger partial charge in [0, 0.05) is 54.1 Å². The monoisotopic (exact) mass is 445 g/mol. The normalized spacial score (nSPS) is 17.8. The van der Waals surface area contributed by atoms with Crippen LogP contribution in [0.5, 0.6) is 11.6 Å². The molecule has 4 aromatic rings. The van der Waals surface area contributed by atoms with Gasteiger partial charge >= 0.3 is 0 Å². The number of nitrogens with zero attached hydrogens (tertiary/aromatic N) is 6. The van der Waals surface area contributed by atoms with Crippen LogP contribution in [-0.4, -0.2) is 52.1 Å². The number of piperidine rings is 1. The van der Waals surface area contributed by atoms with Crippen LogP contribution in [0.25, 0.3) is 28.3 Å². The van der Waals surface area contributed by atoms with Crippen LogP contribution in [0.1, 0.15) is 40.5 Å². The summed E-state index contributed by atoms with van der Waals surface area (Å²) in [7, 11) is 0. The third kappa shape index (κ3) is 4.49. The molecule has 170 valence electrons. The summed E-state index contributed by atoms with van der Waals surface area (Å²) in [5.41, 5.74) is 2.90. The third-order valence-corrected chi connectivity index (χ3v) is 5.74. The van der Waals surface area contributed by atoms with Gasteiger partial charge in [0.15, 0.2) is 5.65 Å². The fourth-order valence-corrected chi connectivity index (χ4v) is 4.75. The second kappa shape index (κ2) is 7.77. The molecule has 0 saturated carbocycles. The average Bonchev–Trinajstić information content (AvgIpc) is 3.20. The fourth-order valence-electron chi connectivity index (χ4n) is 4.75. The van der Waals surface area contributed by atoms with Gasteiger partial charge in [0.2, 0.25) is 5.88 Å². The maximum atomic E-state index is 10.6. The Balaban J connectivity index is 1.33. The highest BCUT2D eigenvalue weighted by Gasteiger charge is 2.38. The average molecular weight is 446 g/mol. The zero-order chi connectivity index (χ0) is 23.2. The first-order chi connectivity index (χ1) is 15.7. The Labute approximate surface area is 191 Å². The Hall–Kier alpha value is -3.59. The smallest absolute Gasteiger partial charge is 0.233 e. The van der Waals surface area contributed by atoms with Crippen molar-refractivity contribution in [3.8, 4) is 34.3 Å². The van der Waals surface area contributed by atoms with Crippen molar-refractivity contribution in [3.05, 3.63) is 48.9 Å². The number of pyridine rings is 1. The molecule has 0 bridgehead atoms. The summed E-state index contributed by atoms with van der Waals surface area (Å²) >= 11 is 0. The summed E-state index contributed by atoms with van der Waals surface area (Å²) in [4.78, 5) is 8.60. The van der Waals surface area contributed by atoms with E-state index in [4.69, 9.17) is 4.74 Å². The van der Waals surface area contributed by atoms with Gasteiger partial charge in [0.25, 0.3) is 0 Å². The zero-order valence-electron chi connectivity index (χ0n) is 19.1. The van der Waals surface area contributed by atoms with E-state index in [-0.39, 0.29) is 22.9 Å². The lowest BCUT2D eigenvalue weighted by Crippen LogP contribution is -2.60. The van der Waals surface area contributed by atoms with Crippen LogP contribution >= 0.6 is 0 Å². The lowest BCUT2D eigenvalue weighted by Gasteiger charge is -2.46. The number of rotatable bonds is 4. The number of hydrogen-bond donors (Lipinski definition) is 2. The summed E-state index contributed by atoms with van der Waals surface area (Å²) in [6.07, 6.45) is 6.91. The van der Waals surface area contributed by atoms with Gasteiger partial charge in [-0.25, -0.2) is 14.5 Å². The molecular formula is C24H27N7O2. The molecule has 33 heavy (non-hydrogen) atoms. The molecule has 1 saturated heterocycles. The lowest BCUT2D eigenvalue weighted by atomic mass is 9.81. The molecular weight excluding hydrogens is 418 g/mol. The minimum absolute atomic E-state index is 0.00449. The Kier molecular flexibility index (Phi) is 5.01. The molecule has 0 radical (unpaired) electrons. The molecule has 0 aliphatic carbocycles. The molecule has 9 heteroatoms. The van der Waals surface area contributed by atoms with E-state index in [0.29, 0.717) is 28.5 Å². The van der Waals surface area contributed by atoms with E-state index in [9.17, 15) is 5.11 Å². The number of aromatic nitrogens is 6. The van der Waals surface area contributed by atoms with E-state index in [1.165, 1.54) is 0 Å². The number of hydrogen-bond acceptors (Lipinski definition) is 8. The molecule has 1 aliphatic rings. The molecule has 2 N–H and O–H groups in total. The largest absolute Gasteiger partial charge is 0.506 e. The number of fused-ring (bicyclic) bond motifs is 1. The van der Waals surface area contributed by atoms with Crippen LogP contribution in [0, 0.1) is 0 Å². The Morgan fingerprint density at radius 1 is 1.00 bits per heavy atom. The van der Waals surface area contributed by atoms with Gasteiger partial charge in [-0.05, 0) is 52.0 Å². The number of nitrogens with one attached hydrogen (secondary N) is 1. The van der Waals surface area contributed by atoms with Crippen molar-refractivity contribution in [3.63, 3.8) is 0 Å². The van der Waals surface area contributed by atoms with Crippen molar-refractivity contribution in [2.45, 2.75) is 57.7 Å². The maximum absolute atomic E-state index is 10.6. The number of aromatic hydroxyl groups is 1. The standard InChI is InChI=1S/C24H27N7O2/c1-23(2)12-16(13-24(3,4)30-23)33-21-8-6-18(27-28-21)22-19(32)11-15(14-26-22)17-5-7-20-25-9-10-31(20)29-17/h5-11,14,16,30,32H,12-13H2,1-4H3. The van der Waals surface area contributed by atoms with Crippen molar-refractivity contribution in [1.82, 2.24) is 35.1 Å². The molecule has 5 rings (SSSR count). The predicted molar refractivity (Wildman–Crippen MR) is 124 cm³/mol. The van der Waals surface area contributed by atoms with Crippen LogP contribution in [0.2, 0.25) is 0 Å². The molecule has 1 fully saturated rings. The van der Waals surface area contributed by atoms with E-state index in [2.05, 4.69) is 58.3 Å². The molecule has 0 unspecified atom stereocenters. The highest BCUT2D eigenvalue weighted by molar-refractivity contribution is 5.68. The third-order valence-electron chi connectivity index (χ3n) is 5.74. The van der Waals surface area contributed by atoms with E-state index in [0.717, 1.165) is 18.5 Å². The molecule has 0 amide bonds. The zero-order valence-corrected chi connectivity index (χ0v) is 19.1. The van der Waals surface area contributed by atoms with Crippen LogP contribution in [0.3, 0.4) is 0 Å². The molecule has 0 aromatic carbocycles. The van der Waals surface area contributed by atoms with Crippen molar-refractivity contribution in [1.29, 1.82) is 0 Å². The highest BCUT2D eigenvalue weighted by Crippen LogP contribution is 2.32. The molecule has 4 aromatic heterocycles. The maximum Gasteiger partial charge on any atom is 0.233 e. The lowest BCUT2D eigenvalue weighted by molar-refractivity contribution is 0.0524. The Morgan fingerprint density at radius 2 is 1.76 bits per heavy atom. The van der Waals surface area contributed by atoms with Crippen LogP contribution in [0.4, 0.5) is 0 Å². The summed E-state index contributed by atoms with van der Waals surface area (Å²) in [5.74, 6) is 0.469. The topological polar surface area (TPSA) is 110 Å². The fraction of sp³-hybridized carbons (Fsp3) is 0.375. The highest BCUT2D eigenvalue weighted by atomic mass is 16.5. The van der Waals surface area contributed by atoms with E-state index < -0.39 is 0 Å². The molecule has 5 heterocycles. The van der Waals surface area contributed by atoms with Crippen molar-refractivity contribution >= 4 is 5.65 Å². The minimum Gasteiger partial charge on any atom is -0.506 e. The molecule has 0 spiro atoms. The summed E-state index contributed by atoms with van der Waals surface area (Å²) < 4.78 is 7.82. The van der Waals surface area contributed by atoms with Crippen LogP contribution in [0.15, 0.2) is 48.9 Å². The Bertz CT molecular complexity index is 1280. The van der Waals surface area contributed by atoms with Gasteiger partial charge in [-0.15, -0.1) is 10.2 Å². The van der Waals surface area contributed by atoms with Gasteiger partial charge in [-0.3, -0.25) is 0 Å². The van der Waals surface area contributed by atoms with Crippen molar-refractivity contribution in [2.75, 3.05) is 0 Å². The summed E-state index contributed by atoms with van der Waals surface area (Å²) in [5, 5.41) is 27.2. The van der Waals surface area contributed by atoms with E-state index >= 15 is 0 Å². The van der Waals surface area contributed by atoms with Crippen LogP contribution < -0.4 is 10.1 Å². The Morgan fingerprint density at radius 3 is 2.45 bits per heavy atom. The SMILES string of the molecule is CC1(C)CC(Oc2ccc(-c3ncc(-c4ccc5nccn5n4)cc3O)nn2)CC(C)(C)N1. The first-order valence-corrected chi connectivity index (χ1v) is 11.0.